The second-order valence-corrected chi connectivity index (χ2v) is 7.39. The third-order valence-electron chi connectivity index (χ3n) is 2.92. The Morgan fingerprint density at radius 2 is 1.70 bits per heavy atom. The minimum absolute atomic E-state index is 0.0417. The topological polar surface area (TPSA) is 156 Å². The molecule has 2 bridgehead atoms. The van der Waals surface area contributed by atoms with E-state index in [9.17, 15) is 14.0 Å². The predicted octanol–water partition coefficient (Wildman–Crippen LogP) is 0.119. The number of phosphoric ester groups is 1. The molecule has 13 heteroatoms. The molecule has 1 atom stereocenters. The number of phosphoric acid groups is 1. The maximum Gasteiger partial charge on any atom is 0.488 e. The maximum atomic E-state index is 11.3. The molecule has 0 spiro atoms. The summed E-state index contributed by atoms with van der Waals surface area (Å²) in [7, 11) is -6.22. The monoisotopic (exact) mass is 368 g/mol. The first-order valence-corrected chi connectivity index (χ1v) is 8.99. The summed E-state index contributed by atoms with van der Waals surface area (Å²) >= 11 is 0. The Bertz CT molecular complexity index is 561. The van der Waals surface area contributed by atoms with Crippen molar-refractivity contribution in [1.82, 2.24) is 15.0 Å². The van der Waals surface area contributed by atoms with Gasteiger partial charge < -0.3 is 10.00 Å². The third-order valence-corrected chi connectivity index (χ3v) is 4.60. The highest BCUT2D eigenvalue weighted by Gasteiger charge is 2.51. The number of hydrogen-bond donors (Lipinski definition) is 0. The minimum Gasteiger partial charge on any atom is -0.566 e. The van der Waals surface area contributed by atoms with Gasteiger partial charge in [-0.25, -0.2) is 9.55 Å². The van der Waals surface area contributed by atoms with Crippen LogP contribution >= 0.6 is 16.1 Å². The zero-order chi connectivity index (χ0) is 17.1. The van der Waals surface area contributed by atoms with Crippen LogP contribution in [0.5, 0.6) is 6.01 Å². The van der Waals surface area contributed by atoms with Gasteiger partial charge >= 0.3 is 22.1 Å². The van der Waals surface area contributed by atoms with Crippen molar-refractivity contribution in [2.45, 2.75) is 13.8 Å². The number of rotatable bonds is 3. The number of aryl methyl sites for hydroxylation is 2. The second-order valence-electron chi connectivity index (χ2n) is 5.02. The van der Waals surface area contributed by atoms with Crippen molar-refractivity contribution in [3.63, 3.8) is 0 Å². The van der Waals surface area contributed by atoms with Crippen molar-refractivity contribution in [2.24, 2.45) is 5.41 Å². The Balaban J connectivity index is 0.000000185. The lowest BCUT2D eigenvalue weighted by atomic mass is 9.93. The summed E-state index contributed by atoms with van der Waals surface area (Å²) in [6.07, 6.45) is 0. The van der Waals surface area contributed by atoms with E-state index in [2.05, 4.69) is 19.5 Å². The van der Waals surface area contributed by atoms with Gasteiger partial charge in [-0.05, 0) is 18.4 Å². The fourth-order valence-electron chi connectivity index (χ4n) is 1.82. The first-order valence-electron chi connectivity index (χ1n) is 6.44. The van der Waals surface area contributed by atoms with E-state index in [0.29, 0.717) is 11.6 Å². The van der Waals surface area contributed by atoms with E-state index < -0.39 is 21.5 Å². The smallest absolute Gasteiger partial charge is 0.488 e. The summed E-state index contributed by atoms with van der Waals surface area (Å²) in [6, 6.07) is 0.0417. The maximum absolute atomic E-state index is 11.3. The van der Waals surface area contributed by atoms with Gasteiger partial charge in [0.2, 0.25) is 0 Å². The highest BCUT2D eigenvalue weighted by molar-refractivity contribution is 7.48. The summed E-state index contributed by atoms with van der Waals surface area (Å²) < 4.78 is 40.5. The van der Waals surface area contributed by atoms with Gasteiger partial charge in [0.25, 0.3) is 0 Å². The van der Waals surface area contributed by atoms with Crippen LogP contribution in [-0.4, -0.2) is 46.5 Å². The van der Waals surface area contributed by atoms with Crippen LogP contribution < -0.4 is 4.89 Å². The molecule has 3 fully saturated rings. The Morgan fingerprint density at radius 3 is 2.09 bits per heavy atom. The van der Waals surface area contributed by atoms with Gasteiger partial charge in [0, 0.05) is 0 Å². The molecule has 0 radical (unpaired) electrons. The first-order chi connectivity index (χ1) is 10.7. The molecule has 4 heterocycles. The van der Waals surface area contributed by atoms with E-state index in [1.165, 1.54) is 0 Å². The quantitative estimate of drug-likeness (QED) is 0.530. The lowest BCUT2D eigenvalue weighted by molar-refractivity contribution is -0.192. The van der Waals surface area contributed by atoms with Crippen LogP contribution in [0.2, 0.25) is 0 Å². The SMILES string of the molecule is Cc1nc(C)nc([OH2+])n1.O=[P+]([O-])OCC12COP(=O)(OC1)OC2. The molecule has 2 N–H and O–H groups in total. The lowest BCUT2D eigenvalue weighted by Crippen LogP contribution is -2.47. The van der Waals surface area contributed by atoms with Crippen molar-refractivity contribution in [3.05, 3.63) is 11.6 Å². The van der Waals surface area contributed by atoms with Crippen LogP contribution in [0, 0.1) is 19.3 Å². The fraction of sp³-hybridized carbons (Fsp3) is 0.700. The van der Waals surface area contributed by atoms with Crippen molar-refractivity contribution >= 4 is 16.1 Å². The van der Waals surface area contributed by atoms with E-state index in [4.69, 9.17) is 18.7 Å². The van der Waals surface area contributed by atoms with Gasteiger partial charge in [-0.3, -0.25) is 13.6 Å². The summed E-state index contributed by atoms with van der Waals surface area (Å²) in [5, 5.41) is 7.01. The summed E-state index contributed by atoms with van der Waals surface area (Å²) in [5.74, 6) is 1.21. The predicted molar refractivity (Wildman–Crippen MR) is 73.8 cm³/mol. The van der Waals surface area contributed by atoms with Crippen molar-refractivity contribution in [1.29, 1.82) is 0 Å². The van der Waals surface area contributed by atoms with Crippen LogP contribution in [0.15, 0.2) is 0 Å². The molecule has 4 rings (SSSR count). The van der Waals surface area contributed by atoms with Crippen LogP contribution in [0.4, 0.5) is 0 Å². The molecule has 3 saturated heterocycles. The molecular weight excluding hydrogens is 352 g/mol. The van der Waals surface area contributed by atoms with Gasteiger partial charge in [0.1, 0.15) is 18.3 Å². The standard InChI is InChI=1S/C5H7N3O.C5H8O7P2/c1-3-6-4(2)8-5(9)7-3;6-13(7)9-1-5-2-10-14(8,11-3-5)12-4-5/h1-2H3,(H,6,7,8,9);1-4H2/p+1. The average Bonchev–Trinajstić information content (AvgIpc) is 2.46. The zero-order valence-corrected chi connectivity index (χ0v) is 14.2. The fourth-order valence-corrected chi connectivity index (χ4v) is 3.71. The summed E-state index contributed by atoms with van der Waals surface area (Å²) in [5.41, 5.74) is -0.651. The molecular formula is C10H16N3O8P2+. The molecule has 1 aromatic rings. The van der Waals surface area contributed by atoms with E-state index in [1.807, 2.05) is 0 Å². The third kappa shape index (κ3) is 5.22. The number of aromatic nitrogens is 3. The van der Waals surface area contributed by atoms with Crippen LogP contribution in [0.1, 0.15) is 11.6 Å². The van der Waals surface area contributed by atoms with Crippen LogP contribution in [-0.2, 0) is 27.2 Å². The highest BCUT2D eigenvalue weighted by Crippen LogP contribution is 2.60. The number of hydrogen-bond acceptors (Lipinski definition) is 10. The summed E-state index contributed by atoms with van der Waals surface area (Å²) in [4.78, 5) is 21.5. The number of nitrogens with zero attached hydrogens (tertiary/aromatic N) is 3. The molecule has 0 saturated carbocycles. The summed E-state index contributed by atoms with van der Waals surface area (Å²) in [6.45, 7) is 3.81. The Kier molecular flexibility index (Phi) is 5.74. The van der Waals surface area contributed by atoms with E-state index in [-0.39, 0.29) is 32.4 Å². The van der Waals surface area contributed by atoms with Crippen molar-refractivity contribution in [3.8, 4) is 6.01 Å². The Morgan fingerprint density at radius 1 is 1.22 bits per heavy atom. The van der Waals surface area contributed by atoms with Gasteiger partial charge in [0.05, 0.1) is 25.2 Å². The molecule has 0 aliphatic carbocycles. The van der Waals surface area contributed by atoms with Gasteiger partial charge in [-0.15, -0.1) is 14.5 Å². The molecule has 0 aromatic carbocycles. The minimum atomic E-state index is -3.32. The van der Waals surface area contributed by atoms with Crippen molar-refractivity contribution in [2.75, 3.05) is 26.4 Å². The molecule has 0 amide bonds. The normalized spacial score (nSPS) is 29.6. The van der Waals surface area contributed by atoms with E-state index in [1.54, 1.807) is 13.8 Å². The second kappa shape index (κ2) is 7.23. The Hall–Kier alpha value is -1.06. The molecule has 128 valence electrons. The van der Waals surface area contributed by atoms with Gasteiger partial charge in [-0.1, -0.05) is 0 Å². The van der Waals surface area contributed by atoms with Crippen molar-refractivity contribution < 1.29 is 37.2 Å². The van der Waals surface area contributed by atoms with Gasteiger partial charge in [0.15, 0.2) is 0 Å². The molecule has 1 aromatic heterocycles. The van der Waals surface area contributed by atoms with E-state index >= 15 is 0 Å². The van der Waals surface area contributed by atoms with Crippen LogP contribution in [0.3, 0.4) is 0 Å². The first kappa shape index (κ1) is 18.3. The Labute approximate surface area is 132 Å². The largest absolute Gasteiger partial charge is 0.566 e. The highest BCUT2D eigenvalue weighted by atomic mass is 31.2. The lowest BCUT2D eigenvalue weighted by Gasteiger charge is -2.42. The molecule has 3 aliphatic rings. The average molecular weight is 368 g/mol. The molecule has 3 aliphatic heterocycles. The zero-order valence-electron chi connectivity index (χ0n) is 12.4. The van der Waals surface area contributed by atoms with E-state index in [0.717, 1.165) is 0 Å². The molecule has 11 nitrogen and oxygen atoms in total. The van der Waals surface area contributed by atoms with Crippen LogP contribution in [0.25, 0.3) is 0 Å². The van der Waals surface area contributed by atoms with Gasteiger partial charge in [-0.2, -0.15) is 0 Å². The molecule has 1 unspecified atom stereocenters. The number of fused-ring (bicyclic) bond motifs is 3. The molecule has 23 heavy (non-hydrogen) atoms.